The van der Waals surface area contributed by atoms with E-state index < -0.39 is 0 Å². The van der Waals surface area contributed by atoms with Gasteiger partial charge < -0.3 is 4.74 Å². The number of hydrogen-bond donors (Lipinski definition) is 0. The summed E-state index contributed by atoms with van der Waals surface area (Å²) in [7, 11) is 1.62. The molecule has 3 aromatic rings. The molecule has 162 valence electrons. The predicted molar refractivity (Wildman–Crippen MR) is 128 cm³/mol. The maximum atomic E-state index is 13.4. The van der Waals surface area contributed by atoms with Crippen LogP contribution in [0, 0.1) is 5.92 Å². The van der Waals surface area contributed by atoms with Gasteiger partial charge in [-0.1, -0.05) is 72.8 Å². The lowest BCUT2D eigenvalue weighted by Gasteiger charge is -2.50. The number of piperidine rings is 3. The fraction of sp³-hybridized carbons (Fsp3) is 0.276. The minimum absolute atomic E-state index is 0.0380. The quantitative estimate of drug-likeness (QED) is 0.375. The molecule has 0 aromatic heterocycles. The Hall–Kier alpha value is -3.17. The van der Waals surface area contributed by atoms with Gasteiger partial charge in [-0.2, -0.15) is 0 Å². The third-order valence-corrected chi connectivity index (χ3v) is 7.04. The van der Waals surface area contributed by atoms with Gasteiger partial charge in [0.25, 0.3) is 0 Å². The zero-order valence-electron chi connectivity index (χ0n) is 18.5. The summed E-state index contributed by atoms with van der Waals surface area (Å²) in [5.74, 6) is 1.32. The highest BCUT2D eigenvalue weighted by atomic mass is 16.5. The average Bonchev–Trinajstić information content (AvgIpc) is 2.87. The van der Waals surface area contributed by atoms with E-state index in [0.29, 0.717) is 17.2 Å². The normalized spacial score (nSPS) is 23.4. The van der Waals surface area contributed by atoms with E-state index >= 15 is 0 Å². The van der Waals surface area contributed by atoms with Crippen molar-refractivity contribution in [1.82, 2.24) is 4.90 Å². The number of hydrogen-bond acceptors (Lipinski definition) is 3. The molecule has 3 fully saturated rings. The van der Waals surface area contributed by atoms with Crippen molar-refractivity contribution < 1.29 is 9.53 Å². The lowest BCUT2D eigenvalue weighted by Crippen LogP contribution is -2.53. The van der Waals surface area contributed by atoms with Crippen LogP contribution in [-0.2, 0) is 0 Å². The Bertz CT molecular complexity index is 1060. The van der Waals surface area contributed by atoms with E-state index in [2.05, 4.69) is 65.6 Å². The first-order chi connectivity index (χ1) is 15.8. The van der Waals surface area contributed by atoms with Crippen molar-refractivity contribution in [3.63, 3.8) is 0 Å². The van der Waals surface area contributed by atoms with Crippen molar-refractivity contribution in [3.8, 4) is 5.75 Å². The van der Waals surface area contributed by atoms with Gasteiger partial charge in [-0.3, -0.25) is 9.69 Å². The number of rotatable bonds is 6. The van der Waals surface area contributed by atoms with E-state index in [-0.39, 0.29) is 17.7 Å². The molecular formula is C29H29NO2. The number of para-hydroxylation sites is 1. The number of ketones is 1. The second-order valence-electron chi connectivity index (χ2n) is 8.76. The SMILES string of the molecule is COc1ccccc1C(=O)/C=C1\C2CCN(CC2)[C@H]1C(c1ccccc1)c1ccccc1. The second-order valence-corrected chi connectivity index (χ2v) is 8.76. The summed E-state index contributed by atoms with van der Waals surface area (Å²) in [4.78, 5) is 16.0. The first-order valence-corrected chi connectivity index (χ1v) is 11.5. The Morgan fingerprint density at radius 2 is 1.44 bits per heavy atom. The van der Waals surface area contributed by atoms with Crippen molar-refractivity contribution in [1.29, 1.82) is 0 Å². The number of fused-ring (bicyclic) bond motifs is 3. The molecule has 6 rings (SSSR count). The molecule has 3 aliphatic heterocycles. The van der Waals surface area contributed by atoms with Gasteiger partial charge in [-0.05, 0) is 66.8 Å². The summed E-state index contributed by atoms with van der Waals surface area (Å²) in [6.07, 6.45) is 4.17. The molecule has 0 aliphatic carbocycles. The minimum atomic E-state index is 0.0380. The van der Waals surface area contributed by atoms with Crippen LogP contribution in [-0.4, -0.2) is 36.9 Å². The number of nitrogens with zero attached hydrogens (tertiary/aromatic N) is 1. The van der Waals surface area contributed by atoms with Crippen molar-refractivity contribution in [2.75, 3.05) is 20.2 Å². The number of carbonyl (C=O) groups excluding carboxylic acids is 1. The van der Waals surface area contributed by atoms with Crippen LogP contribution in [0.15, 0.2) is 96.6 Å². The van der Waals surface area contributed by atoms with Crippen molar-refractivity contribution >= 4 is 5.78 Å². The summed E-state index contributed by atoms with van der Waals surface area (Å²) in [5, 5.41) is 0. The van der Waals surface area contributed by atoms with Gasteiger partial charge in [0.2, 0.25) is 0 Å². The Balaban J connectivity index is 1.61. The molecule has 1 atom stereocenters. The van der Waals surface area contributed by atoms with Crippen LogP contribution in [0.25, 0.3) is 0 Å². The fourth-order valence-corrected chi connectivity index (χ4v) is 5.52. The molecular weight excluding hydrogens is 394 g/mol. The van der Waals surface area contributed by atoms with Crippen molar-refractivity contribution in [2.45, 2.75) is 24.8 Å². The van der Waals surface area contributed by atoms with E-state index in [4.69, 9.17) is 4.74 Å². The summed E-state index contributed by atoms with van der Waals surface area (Å²) in [5.41, 5.74) is 4.50. The summed E-state index contributed by atoms with van der Waals surface area (Å²) < 4.78 is 5.47. The van der Waals surface area contributed by atoms with Crippen LogP contribution >= 0.6 is 0 Å². The number of benzene rings is 3. The number of allylic oxidation sites excluding steroid dienone is 1. The van der Waals surface area contributed by atoms with Gasteiger partial charge in [-0.15, -0.1) is 0 Å². The molecule has 0 amide bonds. The van der Waals surface area contributed by atoms with Gasteiger partial charge in [0.15, 0.2) is 5.78 Å². The Kier molecular flexibility index (Phi) is 5.91. The van der Waals surface area contributed by atoms with Gasteiger partial charge in [0, 0.05) is 12.0 Å². The smallest absolute Gasteiger partial charge is 0.189 e. The highest BCUT2D eigenvalue weighted by Crippen LogP contribution is 2.45. The standard InChI is InChI=1S/C29H29NO2/c1-32-27-15-9-8-14-24(27)26(31)20-25-21-16-18-30(19-17-21)29(25)28(22-10-4-2-5-11-22)23-12-6-3-7-13-23/h2-15,20-21,28-29H,16-19H2,1H3/b25-20+/t29-/m1/s1. The maximum absolute atomic E-state index is 13.4. The first kappa shape index (κ1) is 20.7. The number of ether oxygens (including phenoxy) is 1. The molecule has 0 unspecified atom stereocenters. The molecule has 32 heavy (non-hydrogen) atoms. The molecule has 3 nitrogen and oxygen atoms in total. The largest absolute Gasteiger partial charge is 0.496 e. The monoisotopic (exact) mass is 423 g/mol. The molecule has 3 aliphatic rings. The van der Waals surface area contributed by atoms with E-state index in [9.17, 15) is 4.79 Å². The predicted octanol–water partition coefficient (Wildman–Crippen LogP) is 5.73. The molecule has 2 bridgehead atoms. The van der Waals surface area contributed by atoms with E-state index in [1.807, 2.05) is 30.3 Å². The molecule has 0 radical (unpaired) electrons. The summed E-state index contributed by atoms with van der Waals surface area (Å²) in [6, 6.07) is 29.2. The number of methoxy groups -OCH3 is 1. The van der Waals surface area contributed by atoms with Crippen LogP contribution in [0.5, 0.6) is 5.75 Å². The maximum Gasteiger partial charge on any atom is 0.189 e. The molecule has 0 saturated carbocycles. The molecule has 3 heterocycles. The van der Waals surface area contributed by atoms with Crippen molar-refractivity contribution in [3.05, 3.63) is 113 Å². The molecule has 0 N–H and O–H groups in total. The van der Waals surface area contributed by atoms with Crippen LogP contribution < -0.4 is 4.74 Å². The lowest BCUT2D eigenvalue weighted by molar-refractivity contribution is 0.0905. The highest BCUT2D eigenvalue weighted by Gasteiger charge is 2.43. The summed E-state index contributed by atoms with van der Waals surface area (Å²) in [6.45, 7) is 2.18. The molecule has 3 aromatic carbocycles. The first-order valence-electron chi connectivity index (χ1n) is 11.5. The van der Waals surface area contributed by atoms with Crippen molar-refractivity contribution in [2.24, 2.45) is 5.92 Å². The Labute approximate surface area is 190 Å². The van der Waals surface area contributed by atoms with E-state index in [0.717, 1.165) is 25.9 Å². The van der Waals surface area contributed by atoms with Crippen LogP contribution in [0.1, 0.15) is 40.2 Å². The van der Waals surface area contributed by atoms with Crippen LogP contribution in [0.3, 0.4) is 0 Å². The number of carbonyl (C=O) groups is 1. The molecule has 3 heteroatoms. The van der Waals surface area contributed by atoms with Gasteiger partial charge in [-0.25, -0.2) is 0 Å². The fourth-order valence-electron chi connectivity index (χ4n) is 5.52. The third-order valence-electron chi connectivity index (χ3n) is 7.04. The highest BCUT2D eigenvalue weighted by molar-refractivity contribution is 6.07. The Morgan fingerprint density at radius 3 is 2.03 bits per heavy atom. The van der Waals surface area contributed by atoms with Crippen LogP contribution in [0.4, 0.5) is 0 Å². The van der Waals surface area contributed by atoms with Gasteiger partial charge >= 0.3 is 0 Å². The molecule has 0 spiro atoms. The second kappa shape index (κ2) is 9.13. The van der Waals surface area contributed by atoms with Crippen LogP contribution in [0.2, 0.25) is 0 Å². The average molecular weight is 424 g/mol. The zero-order chi connectivity index (χ0) is 21.9. The molecule has 3 saturated heterocycles. The topological polar surface area (TPSA) is 29.5 Å². The van der Waals surface area contributed by atoms with E-state index in [1.165, 1.54) is 16.7 Å². The van der Waals surface area contributed by atoms with E-state index in [1.54, 1.807) is 7.11 Å². The minimum Gasteiger partial charge on any atom is -0.496 e. The summed E-state index contributed by atoms with van der Waals surface area (Å²) >= 11 is 0. The van der Waals surface area contributed by atoms with Gasteiger partial charge in [0.1, 0.15) is 5.75 Å². The lowest BCUT2D eigenvalue weighted by atomic mass is 9.70. The van der Waals surface area contributed by atoms with Gasteiger partial charge in [0.05, 0.1) is 12.7 Å². The third kappa shape index (κ3) is 3.89. The Morgan fingerprint density at radius 1 is 0.875 bits per heavy atom. The zero-order valence-corrected chi connectivity index (χ0v) is 18.5.